The van der Waals surface area contributed by atoms with Gasteiger partial charge in [-0.25, -0.2) is 0 Å². The lowest BCUT2D eigenvalue weighted by atomic mass is 9.75. The zero-order valence-corrected chi connectivity index (χ0v) is 12.2. The molecule has 3 heterocycles. The maximum atomic E-state index is 2.86. The molecular weight excluding hydrogens is 230 g/mol. The monoisotopic (exact) mass is 255 g/mol. The smallest absolute Gasteiger partial charge is 0.0135 e. The van der Waals surface area contributed by atoms with E-state index >= 15 is 0 Å². The molecule has 6 unspecified atom stereocenters. The summed E-state index contributed by atoms with van der Waals surface area (Å²) in [7, 11) is 0. The lowest BCUT2D eigenvalue weighted by Gasteiger charge is -2.43. The molecule has 4 rings (SSSR count). The molecule has 3 aliphatic heterocycles. The standard InChI is InChI=1S/C18H25N/c1-3-15-16(13-6-4-12(2)5-7-13)11-17-14-8-9-19(17)18(15)10-14/h4-7,14-18H,3,8-11H2,1-2H3. The van der Waals surface area contributed by atoms with Crippen molar-refractivity contribution < 1.29 is 0 Å². The van der Waals surface area contributed by atoms with Crippen molar-refractivity contribution in [3.63, 3.8) is 0 Å². The summed E-state index contributed by atoms with van der Waals surface area (Å²) in [6.45, 7) is 5.98. The highest BCUT2D eigenvalue weighted by atomic mass is 15.3. The van der Waals surface area contributed by atoms with Gasteiger partial charge in [-0.3, -0.25) is 4.90 Å². The van der Waals surface area contributed by atoms with Crippen molar-refractivity contribution in [2.24, 2.45) is 11.8 Å². The van der Waals surface area contributed by atoms with Crippen LogP contribution in [0.15, 0.2) is 24.3 Å². The van der Waals surface area contributed by atoms with Crippen LogP contribution >= 0.6 is 0 Å². The zero-order chi connectivity index (χ0) is 13.0. The second kappa shape index (κ2) is 4.34. The summed E-state index contributed by atoms with van der Waals surface area (Å²) < 4.78 is 0. The van der Waals surface area contributed by atoms with Gasteiger partial charge >= 0.3 is 0 Å². The van der Waals surface area contributed by atoms with E-state index in [-0.39, 0.29) is 0 Å². The molecule has 4 bridgehead atoms. The number of piperidine rings is 2. The van der Waals surface area contributed by atoms with Crippen LogP contribution in [-0.4, -0.2) is 23.5 Å². The Bertz CT molecular complexity index is 463. The van der Waals surface area contributed by atoms with E-state index in [1.165, 1.54) is 37.8 Å². The zero-order valence-electron chi connectivity index (χ0n) is 12.2. The third-order valence-corrected chi connectivity index (χ3v) is 6.18. The number of hydrogen-bond acceptors (Lipinski definition) is 1. The van der Waals surface area contributed by atoms with Crippen molar-refractivity contribution in [1.82, 2.24) is 4.90 Å². The van der Waals surface area contributed by atoms with Gasteiger partial charge in [0.1, 0.15) is 0 Å². The molecule has 1 nitrogen and oxygen atoms in total. The molecule has 1 aromatic carbocycles. The minimum absolute atomic E-state index is 0.819. The third-order valence-electron chi connectivity index (χ3n) is 6.18. The van der Waals surface area contributed by atoms with Gasteiger partial charge in [0.05, 0.1) is 0 Å². The summed E-state index contributed by atoms with van der Waals surface area (Å²) in [6, 6.07) is 11.2. The van der Waals surface area contributed by atoms with Crippen LogP contribution in [0.2, 0.25) is 0 Å². The van der Waals surface area contributed by atoms with Gasteiger partial charge in [0, 0.05) is 12.1 Å². The maximum absolute atomic E-state index is 2.86. The largest absolute Gasteiger partial charge is 0.297 e. The molecular formula is C18H25N. The van der Waals surface area contributed by atoms with Crippen molar-refractivity contribution in [1.29, 1.82) is 0 Å². The number of hydrogen-bond donors (Lipinski definition) is 0. The summed E-state index contributed by atoms with van der Waals surface area (Å²) in [4.78, 5) is 2.86. The molecule has 3 saturated heterocycles. The minimum Gasteiger partial charge on any atom is -0.297 e. The Hall–Kier alpha value is -0.820. The second-order valence-corrected chi connectivity index (χ2v) is 6.98. The molecule has 102 valence electrons. The molecule has 0 aromatic heterocycles. The summed E-state index contributed by atoms with van der Waals surface area (Å²) in [5, 5.41) is 0. The molecule has 1 aromatic rings. The van der Waals surface area contributed by atoms with Gasteiger partial charge in [-0.1, -0.05) is 43.2 Å². The van der Waals surface area contributed by atoms with Gasteiger partial charge in [-0.15, -0.1) is 0 Å². The Labute approximate surface area is 117 Å². The molecule has 6 atom stereocenters. The van der Waals surface area contributed by atoms with Crippen LogP contribution in [0.4, 0.5) is 0 Å². The van der Waals surface area contributed by atoms with E-state index in [2.05, 4.69) is 43.0 Å². The summed E-state index contributed by atoms with van der Waals surface area (Å²) >= 11 is 0. The first kappa shape index (κ1) is 12.0. The quantitative estimate of drug-likeness (QED) is 0.773. The first-order valence-electron chi connectivity index (χ1n) is 8.10. The first-order valence-corrected chi connectivity index (χ1v) is 8.10. The number of benzene rings is 1. The van der Waals surface area contributed by atoms with E-state index in [1.54, 1.807) is 5.56 Å². The Morgan fingerprint density at radius 3 is 2.63 bits per heavy atom. The van der Waals surface area contributed by atoms with E-state index in [0.717, 1.165) is 29.8 Å². The van der Waals surface area contributed by atoms with Crippen LogP contribution in [0.5, 0.6) is 0 Å². The predicted octanol–water partition coefficient (Wildman–Crippen LogP) is 3.97. The fraction of sp³-hybridized carbons (Fsp3) is 0.667. The molecule has 0 radical (unpaired) electrons. The molecule has 3 aliphatic rings. The van der Waals surface area contributed by atoms with E-state index in [9.17, 15) is 0 Å². The fourth-order valence-corrected chi connectivity index (χ4v) is 5.28. The van der Waals surface area contributed by atoms with Gasteiger partial charge in [-0.2, -0.15) is 0 Å². The highest BCUT2D eigenvalue weighted by molar-refractivity contribution is 5.28. The number of rotatable bonds is 2. The average molecular weight is 255 g/mol. The van der Waals surface area contributed by atoms with Gasteiger partial charge in [-0.05, 0) is 56.0 Å². The summed E-state index contributed by atoms with van der Waals surface area (Å²) in [6.07, 6.45) is 5.73. The van der Waals surface area contributed by atoms with Gasteiger partial charge < -0.3 is 0 Å². The van der Waals surface area contributed by atoms with Crippen LogP contribution in [0.1, 0.15) is 49.7 Å². The summed E-state index contributed by atoms with van der Waals surface area (Å²) in [5.74, 6) is 2.73. The molecule has 0 spiro atoms. The van der Waals surface area contributed by atoms with Gasteiger partial charge in [0.2, 0.25) is 0 Å². The van der Waals surface area contributed by atoms with Crippen molar-refractivity contribution in [3.05, 3.63) is 35.4 Å². The summed E-state index contributed by atoms with van der Waals surface area (Å²) in [5.41, 5.74) is 2.99. The first-order chi connectivity index (χ1) is 9.28. The van der Waals surface area contributed by atoms with Crippen molar-refractivity contribution in [2.75, 3.05) is 6.54 Å². The molecule has 0 aliphatic carbocycles. The van der Waals surface area contributed by atoms with Crippen molar-refractivity contribution >= 4 is 0 Å². The third kappa shape index (κ3) is 1.71. The van der Waals surface area contributed by atoms with E-state index in [0.29, 0.717) is 0 Å². The Morgan fingerprint density at radius 2 is 1.89 bits per heavy atom. The topological polar surface area (TPSA) is 3.24 Å². The lowest BCUT2D eigenvalue weighted by molar-refractivity contribution is 0.0871. The van der Waals surface area contributed by atoms with Crippen molar-refractivity contribution in [3.8, 4) is 0 Å². The maximum Gasteiger partial charge on any atom is 0.0135 e. The van der Waals surface area contributed by atoms with Crippen LogP contribution < -0.4 is 0 Å². The second-order valence-electron chi connectivity index (χ2n) is 6.98. The van der Waals surface area contributed by atoms with E-state index in [4.69, 9.17) is 0 Å². The van der Waals surface area contributed by atoms with Gasteiger partial charge in [0.15, 0.2) is 0 Å². The van der Waals surface area contributed by atoms with Crippen LogP contribution in [0.3, 0.4) is 0 Å². The van der Waals surface area contributed by atoms with Crippen molar-refractivity contribution in [2.45, 2.75) is 57.5 Å². The van der Waals surface area contributed by atoms with E-state index < -0.39 is 0 Å². The normalized spacial score (nSPS) is 43.7. The van der Waals surface area contributed by atoms with Crippen LogP contribution in [0.25, 0.3) is 0 Å². The average Bonchev–Trinajstić information content (AvgIpc) is 2.93. The molecule has 0 N–H and O–H groups in total. The fourth-order valence-electron chi connectivity index (χ4n) is 5.28. The van der Waals surface area contributed by atoms with E-state index in [1.807, 2.05) is 0 Å². The highest BCUT2D eigenvalue weighted by Gasteiger charge is 2.54. The predicted molar refractivity (Wildman–Crippen MR) is 79.3 cm³/mol. The molecule has 0 saturated carbocycles. The van der Waals surface area contributed by atoms with Crippen LogP contribution in [0, 0.1) is 18.8 Å². The Kier molecular flexibility index (Phi) is 2.73. The van der Waals surface area contributed by atoms with Gasteiger partial charge in [0.25, 0.3) is 0 Å². The molecule has 19 heavy (non-hydrogen) atoms. The highest BCUT2D eigenvalue weighted by Crippen LogP contribution is 2.54. The number of aryl methyl sites for hydroxylation is 1. The molecule has 0 amide bonds. The Morgan fingerprint density at radius 1 is 1.11 bits per heavy atom. The lowest BCUT2D eigenvalue weighted by Crippen LogP contribution is -2.46. The Balaban J connectivity index is 1.67. The number of nitrogens with zero attached hydrogens (tertiary/aromatic N) is 1. The minimum atomic E-state index is 0.819. The molecule has 1 heteroatoms. The molecule has 3 fully saturated rings. The van der Waals surface area contributed by atoms with Crippen LogP contribution in [-0.2, 0) is 0 Å². The SMILES string of the molecule is CCC1C(c2ccc(C)cc2)CC2C3CCN2C1C3.